The molecule has 0 saturated carbocycles. The van der Waals surface area contributed by atoms with Gasteiger partial charge < -0.3 is 0 Å². The Labute approximate surface area is 141 Å². The lowest BCUT2D eigenvalue weighted by atomic mass is 10.1. The van der Waals surface area contributed by atoms with Gasteiger partial charge in [0, 0.05) is 20.1 Å². The molecular weight excluding hydrogens is 328 g/mol. The molecule has 1 aromatic carbocycles. The second-order valence-corrected chi connectivity index (χ2v) is 7.64. The molecule has 0 unspecified atom stereocenters. The molecule has 0 saturated heterocycles. The van der Waals surface area contributed by atoms with Gasteiger partial charge in [-0.1, -0.05) is 30.3 Å². The van der Waals surface area contributed by atoms with E-state index in [0.717, 1.165) is 41.4 Å². The van der Waals surface area contributed by atoms with Crippen LogP contribution in [0.4, 0.5) is 0 Å². The van der Waals surface area contributed by atoms with Crippen molar-refractivity contribution in [2.24, 2.45) is 0 Å². The first-order valence-electron chi connectivity index (χ1n) is 7.84. The molecular formula is C16H20N4O3S. The first kappa shape index (κ1) is 16.7. The standard InChI is InChI=1S/C16H20N4O3S/c1-19(12-13-7-3-2-4-8-13)24(22,23)18-16(21)14-11-17-20-10-6-5-9-15(14)20/h2-4,7-8,11H,5-6,9-10,12H2,1H3,(H,18,21). The number of carbonyl (C=O) groups is 1. The number of amides is 1. The average Bonchev–Trinajstić information content (AvgIpc) is 2.99. The van der Waals surface area contributed by atoms with Gasteiger partial charge in [-0.25, -0.2) is 4.72 Å². The van der Waals surface area contributed by atoms with E-state index >= 15 is 0 Å². The minimum absolute atomic E-state index is 0.190. The van der Waals surface area contributed by atoms with E-state index in [1.165, 1.54) is 13.2 Å². The minimum atomic E-state index is -3.91. The van der Waals surface area contributed by atoms with Crippen molar-refractivity contribution in [2.75, 3.05) is 7.05 Å². The normalized spacial score (nSPS) is 14.4. The molecule has 24 heavy (non-hydrogen) atoms. The Kier molecular flexibility index (Phi) is 4.68. The number of benzene rings is 1. The summed E-state index contributed by atoms with van der Waals surface area (Å²) in [5, 5.41) is 4.17. The van der Waals surface area contributed by atoms with Crippen molar-refractivity contribution in [3.05, 3.63) is 53.3 Å². The third-order valence-electron chi connectivity index (χ3n) is 4.11. The topological polar surface area (TPSA) is 84.3 Å². The number of fused-ring (bicyclic) bond motifs is 1. The predicted octanol–water partition coefficient (Wildman–Crippen LogP) is 1.33. The smallest absolute Gasteiger partial charge is 0.269 e. The van der Waals surface area contributed by atoms with Crippen LogP contribution < -0.4 is 4.72 Å². The van der Waals surface area contributed by atoms with Crippen molar-refractivity contribution in [2.45, 2.75) is 32.4 Å². The largest absolute Gasteiger partial charge is 0.304 e. The van der Waals surface area contributed by atoms with E-state index < -0.39 is 16.1 Å². The van der Waals surface area contributed by atoms with Gasteiger partial charge in [0.2, 0.25) is 0 Å². The van der Waals surface area contributed by atoms with Crippen molar-refractivity contribution in [3.8, 4) is 0 Å². The Morgan fingerprint density at radius 2 is 2.04 bits per heavy atom. The third-order valence-corrected chi connectivity index (χ3v) is 5.50. The van der Waals surface area contributed by atoms with Crippen LogP contribution in [0.2, 0.25) is 0 Å². The fourth-order valence-corrected chi connectivity index (χ4v) is 3.61. The number of rotatable bonds is 5. The number of aromatic nitrogens is 2. The highest BCUT2D eigenvalue weighted by Crippen LogP contribution is 2.18. The summed E-state index contributed by atoms with van der Waals surface area (Å²) < 4.78 is 29.8. The molecule has 0 aliphatic carbocycles. The molecule has 128 valence electrons. The molecule has 0 fully saturated rings. The number of carbonyl (C=O) groups excluding carboxylic acids is 1. The number of aryl methyl sites for hydroxylation is 1. The molecule has 2 heterocycles. The number of nitrogens with zero attached hydrogens (tertiary/aromatic N) is 3. The van der Waals surface area contributed by atoms with Crippen LogP contribution in [0.3, 0.4) is 0 Å². The van der Waals surface area contributed by atoms with E-state index in [2.05, 4.69) is 9.82 Å². The van der Waals surface area contributed by atoms with Crippen LogP contribution >= 0.6 is 0 Å². The Morgan fingerprint density at radius 3 is 2.79 bits per heavy atom. The molecule has 2 aromatic rings. The van der Waals surface area contributed by atoms with E-state index in [9.17, 15) is 13.2 Å². The lowest BCUT2D eigenvalue weighted by Gasteiger charge is -2.18. The van der Waals surface area contributed by atoms with E-state index in [1.54, 1.807) is 4.68 Å². The number of hydrogen-bond acceptors (Lipinski definition) is 4. The predicted molar refractivity (Wildman–Crippen MR) is 89.5 cm³/mol. The number of hydrogen-bond donors (Lipinski definition) is 1. The summed E-state index contributed by atoms with van der Waals surface area (Å²) in [7, 11) is -2.47. The highest BCUT2D eigenvalue weighted by Gasteiger charge is 2.25. The van der Waals surface area contributed by atoms with Gasteiger partial charge in [-0.3, -0.25) is 9.48 Å². The monoisotopic (exact) mass is 348 g/mol. The molecule has 1 aliphatic heterocycles. The lowest BCUT2D eigenvalue weighted by Crippen LogP contribution is -2.41. The SMILES string of the molecule is CN(Cc1ccccc1)S(=O)(=O)NC(=O)c1cnn2c1CCCC2. The summed E-state index contributed by atoms with van der Waals surface area (Å²) >= 11 is 0. The second kappa shape index (κ2) is 6.74. The molecule has 1 amide bonds. The zero-order chi connectivity index (χ0) is 17.2. The van der Waals surface area contributed by atoms with E-state index in [-0.39, 0.29) is 6.54 Å². The highest BCUT2D eigenvalue weighted by molar-refractivity contribution is 7.87. The van der Waals surface area contributed by atoms with E-state index in [1.807, 2.05) is 30.3 Å². The van der Waals surface area contributed by atoms with E-state index in [0.29, 0.717) is 5.56 Å². The Balaban J connectivity index is 1.72. The highest BCUT2D eigenvalue weighted by atomic mass is 32.2. The van der Waals surface area contributed by atoms with Crippen LogP contribution in [0.5, 0.6) is 0 Å². The van der Waals surface area contributed by atoms with Gasteiger partial charge in [0.1, 0.15) is 0 Å². The first-order chi connectivity index (χ1) is 11.5. The molecule has 0 spiro atoms. The average molecular weight is 348 g/mol. The van der Waals surface area contributed by atoms with Gasteiger partial charge in [0.15, 0.2) is 0 Å². The summed E-state index contributed by atoms with van der Waals surface area (Å²) in [5.41, 5.74) is 1.99. The molecule has 0 bridgehead atoms. The number of nitrogens with one attached hydrogen (secondary N) is 1. The molecule has 1 aromatic heterocycles. The third kappa shape index (κ3) is 3.49. The molecule has 0 atom stereocenters. The quantitative estimate of drug-likeness (QED) is 0.883. The van der Waals surface area contributed by atoms with Crippen molar-refractivity contribution < 1.29 is 13.2 Å². The van der Waals surface area contributed by atoms with E-state index in [4.69, 9.17) is 0 Å². The molecule has 7 nitrogen and oxygen atoms in total. The molecule has 8 heteroatoms. The molecule has 3 rings (SSSR count). The lowest BCUT2D eigenvalue weighted by molar-refractivity contribution is 0.0978. The van der Waals surface area contributed by atoms with Crippen LogP contribution in [-0.4, -0.2) is 35.5 Å². The summed E-state index contributed by atoms with van der Waals surface area (Å²) in [6.07, 6.45) is 4.19. The van der Waals surface area contributed by atoms with Gasteiger partial charge in [0.25, 0.3) is 5.91 Å². The molecule has 1 N–H and O–H groups in total. The fourth-order valence-electron chi connectivity index (χ4n) is 2.79. The van der Waals surface area contributed by atoms with Crippen LogP contribution in [0, 0.1) is 0 Å². The van der Waals surface area contributed by atoms with Crippen molar-refractivity contribution in [3.63, 3.8) is 0 Å². The van der Waals surface area contributed by atoms with Crippen LogP contribution in [0.25, 0.3) is 0 Å². The Bertz CT molecular complexity index is 830. The van der Waals surface area contributed by atoms with Gasteiger partial charge in [-0.05, 0) is 24.8 Å². The van der Waals surface area contributed by atoms with Crippen LogP contribution in [0.15, 0.2) is 36.5 Å². The fraction of sp³-hybridized carbons (Fsp3) is 0.375. The molecule has 0 radical (unpaired) electrons. The zero-order valence-electron chi connectivity index (χ0n) is 13.5. The van der Waals surface area contributed by atoms with Crippen molar-refractivity contribution in [1.29, 1.82) is 0 Å². The Hall–Kier alpha value is -2.19. The summed E-state index contributed by atoms with van der Waals surface area (Å²) in [6, 6.07) is 9.22. The summed E-state index contributed by atoms with van der Waals surface area (Å²) in [6.45, 7) is 0.957. The van der Waals surface area contributed by atoms with Crippen molar-refractivity contribution >= 4 is 16.1 Å². The first-order valence-corrected chi connectivity index (χ1v) is 9.28. The maximum absolute atomic E-state index is 12.4. The summed E-state index contributed by atoms with van der Waals surface area (Å²) in [5.74, 6) is -0.627. The Morgan fingerprint density at radius 1 is 1.29 bits per heavy atom. The summed E-state index contributed by atoms with van der Waals surface area (Å²) in [4.78, 5) is 12.4. The van der Waals surface area contributed by atoms with Crippen LogP contribution in [-0.2, 0) is 29.7 Å². The van der Waals surface area contributed by atoms with Crippen LogP contribution in [0.1, 0.15) is 34.5 Å². The maximum atomic E-state index is 12.4. The van der Waals surface area contributed by atoms with Gasteiger partial charge in [-0.15, -0.1) is 0 Å². The molecule has 1 aliphatic rings. The zero-order valence-corrected chi connectivity index (χ0v) is 14.3. The van der Waals surface area contributed by atoms with Gasteiger partial charge in [0.05, 0.1) is 17.5 Å². The van der Waals surface area contributed by atoms with Gasteiger partial charge >= 0.3 is 10.2 Å². The second-order valence-electron chi connectivity index (χ2n) is 5.86. The van der Waals surface area contributed by atoms with Gasteiger partial charge in [-0.2, -0.15) is 17.8 Å². The van der Waals surface area contributed by atoms with Crippen molar-refractivity contribution in [1.82, 2.24) is 18.8 Å². The minimum Gasteiger partial charge on any atom is -0.269 e. The maximum Gasteiger partial charge on any atom is 0.304 e.